The van der Waals surface area contributed by atoms with Crippen molar-refractivity contribution in [2.75, 3.05) is 20.3 Å². The lowest BCUT2D eigenvalue weighted by Gasteiger charge is -2.06. The zero-order chi connectivity index (χ0) is 16.3. The van der Waals surface area contributed by atoms with Gasteiger partial charge in [0.1, 0.15) is 5.75 Å². The minimum atomic E-state index is 0.120. The summed E-state index contributed by atoms with van der Waals surface area (Å²) in [4.78, 5) is 4.45. The number of thiophene rings is 1. The van der Waals surface area contributed by atoms with E-state index in [0.29, 0.717) is 18.9 Å². The van der Waals surface area contributed by atoms with E-state index in [0.717, 1.165) is 21.5 Å². The molecule has 2 aromatic heterocycles. The molecule has 0 fully saturated rings. The van der Waals surface area contributed by atoms with E-state index >= 15 is 0 Å². The highest BCUT2D eigenvalue weighted by Crippen LogP contribution is 2.35. The van der Waals surface area contributed by atoms with Crippen LogP contribution < -0.4 is 9.47 Å². The number of aromatic nitrogens is 1. The molecular weight excluding hydrogens is 286 g/mol. The van der Waals surface area contributed by atoms with E-state index < -0.39 is 0 Å². The van der Waals surface area contributed by atoms with Crippen LogP contribution in [-0.4, -0.2) is 30.4 Å². The Morgan fingerprint density at radius 3 is 2.43 bits per heavy atom. The Morgan fingerprint density at radius 1 is 1.24 bits per heavy atom. The minimum Gasteiger partial charge on any atom is -0.495 e. The van der Waals surface area contributed by atoms with Crippen molar-refractivity contribution in [3.63, 3.8) is 0 Å². The maximum Gasteiger partial charge on any atom is 0.217 e. The molecule has 0 saturated heterocycles. The Hall–Kier alpha value is -1.33. The van der Waals surface area contributed by atoms with Crippen LogP contribution in [0, 0.1) is 0 Å². The van der Waals surface area contributed by atoms with Crippen LogP contribution in [-0.2, 0) is 6.42 Å². The van der Waals surface area contributed by atoms with Crippen molar-refractivity contribution in [2.24, 2.45) is 0 Å². The molecular formula is C16H27NO3S. The molecule has 2 aromatic rings. The standard InChI is InChI=1S/C12H15NO3S.2C2H6/c1-3-16-10-6-9(15-2)12-11(13-10)8(4-5-14)7-17-12;2*1-2/h6-7,14H,3-5H2,1-2H3;2*1-2H3. The average molecular weight is 313 g/mol. The summed E-state index contributed by atoms with van der Waals surface area (Å²) in [5.74, 6) is 1.34. The van der Waals surface area contributed by atoms with Crippen molar-refractivity contribution in [3.05, 3.63) is 17.0 Å². The van der Waals surface area contributed by atoms with Gasteiger partial charge in [-0.3, -0.25) is 0 Å². The quantitative estimate of drug-likeness (QED) is 0.894. The molecule has 0 amide bonds. The van der Waals surface area contributed by atoms with Crippen molar-refractivity contribution in [3.8, 4) is 11.6 Å². The van der Waals surface area contributed by atoms with E-state index in [1.54, 1.807) is 24.5 Å². The molecule has 2 heterocycles. The lowest BCUT2D eigenvalue weighted by atomic mass is 10.2. The predicted octanol–water partition coefficient (Wildman–Crippen LogP) is 4.29. The fraction of sp³-hybridized carbons (Fsp3) is 0.562. The average Bonchev–Trinajstić information content (AvgIpc) is 2.94. The Kier molecular flexibility index (Phi) is 10.6. The first-order valence-corrected chi connectivity index (χ1v) is 8.36. The van der Waals surface area contributed by atoms with Gasteiger partial charge < -0.3 is 14.6 Å². The number of hydrogen-bond acceptors (Lipinski definition) is 5. The first-order valence-electron chi connectivity index (χ1n) is 7.49. The van der Waals surface area contributed by atoms with Crippen LogP contribution in [0.2, 0.25) is 0 Å². The van der Waals surface area contributed by atoms with E-state index in [4.69, 9.17) is 14.6 Å². The van der Waals surface area contributed by atoms with Gasteiger partial charge in [0.15, 0.2) is 0 Å². The fourth-order valence-electron chi connectivity index (χ4n) is 1.68. The van der Waals surface area contributed by atoms with Gasteiger partial charge in [-0.25, -0.2) is 4.98 Å². The smallest absolute Gasteiger partial charge is 0.217 e. The predicted molar refractivity (Wildman–Crippen MR) is 90.8 cm³/mol. The molecule has 0 unspecified atom stereocenters. The molecule has 21 heavy (non-hydrogen) atoms. The second kappa shape index (κ2) is 11.3. The fourth-order valence-corrected chi connectivity index (χ4v) is 2.71. The second-order valence-corrected chi connectivity index (χ2v) is 4.39. The number of fused-ring (bicyclic) bond motifs is 1. The van der Waals surface area contributed by atoms with Gasteiger partial charge in [0, 0.05) is 12.7 Å². The third-order valence-corrected chi connectivity index (χ3v) is 3.46. The number of nitrogens with zero attached hydrogens (tertiary/aromatic N) is 1. The van der Waals surface area contributed by atoms with Gasteiger partial charge in [-0.15, -0.1) is 11.3 Å². The molecule has 0 aliphatic carbocycles. The molecule has 0 radical (unpaired) electrons. The maximum atomic E-state index is 9.01. The molecule has 5 heteroatoms. The monoisotopic (exact) mass is 313 g/mol. The first-order chi connectivity index (χ1) is 10.3. The van der Waals surface area contributed by atoms with Crippen LogP contribution >= 0.6 is 11.3 Å². The van der Waals surface area contributed by atoms with E-state index in [1.807, 2.05) is 40.0 Å². The van der Waals surface area contributed by atoms with Crippen molar-refractivity contribution < 1.29 is 14.6 Å². The Morgan fingerprint density at radius 2 is 1.90 bits per heavy atom. The van der Waals surface area contributed by atoms with Crippen LogP contribution in [0.5, 0.6) is 11.6 Å². The Labute approximate surface area is 131 Å². The number of aliphatic hydroxyl groups is 1. The third-order valence-electron chi connectivity index (χ3n) is 2.43. The lowest BCUT2D eigenvalue weighted by Crippen LogP contribution is -1.97. The highest BCUT2D eigenvalue weighted by Gasteiger charge is 2.12. The third kappa shape index (κ3) is 5.17. The Bertz CT molecular complexity index is 511. The van der Waals surface area contributed by atoms with Crippen LogP contribution in [0.15, 0.2) is 11.4 Å². The summed E-state index contributed by atoms with van der Waals surface area (Å²) in [7, 11) is 1.63. The van der Waals surface area contributed by atoms with Gasteiger partial charge >= 0.3 is 0 Å². The number of aliphatic hydroxyl groups excluding tert-OH is 1. The summed E-state index contributed by atoms with van der Waals surface area (Å²) >= 11 is 1.58. The number of ether oxygens (including phenoxy) is 2. The normalized spacial score (nSPS) is 9.29. The highest BCUT2D eigenvalue weighted by molar-refractivity contribution is 7.17. The van der Waals surface area contributed by atoms with Crippen molar-refractivity contribution in [1.29, 1.82) is 0 Å². The van der Waals surface area contributed by atoms with Gasteiger partial charge in [-0.2, -0.15) is 0 Å². The molecule has 1 N–H and O–H groups in total. The molecule has 0 spiro atoms. The van der Waals surface area contributed by atoms with E-state index in [1.165, 1.54) is 0 Å². The molecule has 0 aliphatic rings. The summed E-state index contributed by atoms with van der Waals surface area (Å²) < 4.78 is 11.7. The SMILES string of the molecule is CC.CC.CCOc1cc(OC)c2scc(CCO)c2n1. The number of pyridine rings is 1. The van der Waals surface area contributed by atoms with Crippen LogP contribution in [0.3, 0.4) is 0 Å². The lowest BCUT2D eigenvalue weighted by molar-refractivity contribution is 0.300. The molecule has 0 atom stereocenters. The van der Waals surface area contributed by atoms with Gasteiger partial charge in [-0.1, -0.05) is 27.7 Å². The van der Waals surface area contributed by atoms with Crippen LogP contribution in [0.1, 0.15) is 40.2 Å². The summed E-state index contributed by atoms with van der Waals surface area (Å²) in [6.07, 6.45) is 0.603. The van der Waals surface area contributed by atoms with Crippen LogP contribution in [0.4, 0.5) is 0 Å². The number of methoxy groups -OCH3 is 1. The summed E-state index contributed by atoms with van der Waals surface area (Å²) in [5, 5.41) is 11.0. The van der Waals surface area contributed by atoms with E-state index in [2.05, 4.69) is 4.98 Å². The molecule has 120 valence electrons. The Balaban J connectivity index is 0.000000921. The largest absolute Gasteiger partial charge is 0.495 e. The summed E-state index contributed by atoms with van der Waals surface area (Å²) in [6, 6.07) is 1.80. The van der Waals surface area contributed by atoms with Crippen molar-refractivity contribution >= 4 is 21.6 Å². The zero-order valence-corrected chi connectivity index (χ0v) is 14.7. The summed E-state index contributed by atoms with van der Waals surface area (Å²) in [5.41, 5.74) is 1.90. The summed E-state index contributed by atoms with van der Waals surface area (Å²) in [6.45, 7) is 10.6. The van der Waals surface area contributed by atoms with Crippen LogP contribution in [0.25, 0.3) is 10.2 Å². The minimum absolute atomic E-state index is 0.120. The molecule has 2 rings (SSSR count). The molecule has 0 aromatic carbocycles. The molecule has 0 aliphatic heterocycles. The first kappa shape index (κ1) is 19.7. The maximum absolute atomic E-state index is 9.01. The van der Waals surface area contributed by atoms with E-state index in [9.17, 15) is 0 Å². The van der Waals surface area contributed by atoms with Crippen molar-refractivity contribution in [2.45, 2.75) is 41.0 Å². The van der Waals surface area contributed by atoms with Gasteiger partial charge in [0.2, 0.25) is 5.88 Å². The molecule has 0 saturated carbocycles. The van der Waals surface area contributed by atoms with Gasteiger partial charge in [0.25, 0.3) is 0 Å². The number of hydrogen-bond donors (Lipinski definition) is 1. The number of rotatable bonds is 5. The van der Waals surface area contributed by atoms with Crippen molar-refractivity contribution in [1.82, 2.24) is 4.98 Å². The molecule has 4 nitrogen and oxygen atoms in total. The highest BCUT2D eigenvalue weighted by atomic mass is 32.1. The van der Waals surface area contributed by atoms with Gasteiger partial charge in [-0.05, 0) is 24.3 Å². The van der Waals surface area contributed by atoms with E-state index in [-0.39, 0.29) is 6.61 Å². The second-order valence-electron chi connectivity index (χ2n) is 3.51. The zero-order valence-electron chi connectivity index (χ0n) is 13.9. The molecule has 0 bridgehead atoms. The topological polar surface area (TPSA) is 51.6 Å². The van der Waals surface area contributed by atoms with Gasteiger partial charge in [0.05, 0.1) is 23.9 Å².